The second kappa shape index (κ2) is 58.3. The minimum atomic E-state index is -0.0452. The molecular formula is C95H148N18O2. The van der Waals surface area contributed by atoms with Crippen LogP contribution >= 0.6 is 0 Å². The van der Waals surface area contributed by atoms with Crippen molar-refractivity contribution in [2.45, 2.75) is 263 Å². The van der Waals surface area contributed by atoms with Crippen molar-refractivity contribution >= 4 is 12.6 Å². The third-order valence-corrected chi connectivity index (χ3v) is 16.7. The maximum Gasteiger partial charge on any atom is 0.266 e. The van der Waals surface area contributed by atoms with Gasteiger partial charge in [-0.2, -0.15) is 30.6 Å². The van der Waals surface area contributed by atoms with Gasteiger partial charge in [0.2, 0.25) is 0 Å². The van der Waals surface area contributed by atoms with Crippen LogP contribution in [0.3, 0.4) is 0 Å². The number of dihydropyridines is 1. The summed E-state index contributed by atoms with van der Waals surface area (Å²) >= 11 is 0. The molecule has 11 rings (SSSR count). The van der Waals surface area contributed by atoms with Crippen LogP contribution in [0.4, 0.5) is 0 Å². The summed E-state index contributed by atoms with van der Waals surface area (Å²) < 4.78 is 2.90. The topological polar surface area (TPSA) is 247 Å². The molecule has 3 aliphatic heterocycles. The van der Waals surface area contributed by atoms with E-state index in [0.29, 0.717) is 65.1 Å². The molecule has 0 radical (unpaired) electrons. The Kier molecular flexibility index (Phi) is 55.0. The van der Waals surface area contributed by atoms with Gasteiger partial charge in [-0.25, -0.2) is 29.6 Å². The molecule has 115 heavy (non-hydrogen) atoms. The molecule has 0 fully saturated rings. The van der Waals surface area contributed by atoms with Crippen LogP contribution in [-0.4, -0.2) is 77.2 Å². The van der Waals surface area contributed by atoms with Gasteiger partial charge in [-0.1, -0.05) is 194 Å². The highest BCUT2D eigenvalue weighted by molar-refractivity contribution is 5.80. The van der Waals surface area contributed by atoms with E-state index in [1.807, 2.05) is 123 Å². The van der Waals surface area contributed by atoms with Crippen molar-refractivity contribution in [2.75, 3.05) is 0 Å². The smallest absolute Gasteiger partial charge is 0.266 e. The molecule has 0 aromatic carbocycles. The standard InChI is InChI=1S/C9H13NO.3C9H13N.C8H12N2O.6C8H12N2.3CH4/c1-7(2)8-4-5-10(3)9(11)6-8;3*1-7(2)9-4-5-10-8(3)6-9;1-6(2)7-4-8(11)10(3)9-5-7;3*1-6(2)8-4-7(3)9-5-10-8;3*1-6(2)8-4-7(3)10-9-5-8;;;/h4-7H,1-3H3;2*4-7H,1-3H3;4-7,10H,3H2,1-2H3;4-6H,1-3H3;2*4-6H,1-3H3;4-6H,3H2,1-2H3,(H,9,10);2*4-6H,1-3H3;4-6,10H,3H2,1-2H3;3*1H4. The molecule has 8 aromatic heterocycles. The van der Waals surface area contributed by atoms with Crippen LogP contribution in [0.25, 0.3) is 0 Å². The van der Waals surface area contributed by atoms with Crippen LogP contribution in [0.5, 0.6) is 0 Å². The Labute approximate surface area is 695 Å². The second-order valence-electron chi connectivity index (χ2n) is 30.9. The molecule has 0 bridgehead atoms. The van der Waals surface area contributed by atoms with E-state index in [9.17, 15) is 9.59 Å². The van der Waals surface area contributed by atoms with E-state index in [1.165, 1.54) is 38.1 Å². The zero-order chi connectivity index (χ0) is 84.9. The van der Waals surface area contributed by atoms with E-state index in [0.717, 1.165) is 79.5 Å². The lowest BCUT2D eigenvalue weighted by Gasteiger charge is -2.12. The van der Waals surface area contributed by atoms with Crippen molar-refractivity contribution in [1.29, 1.82) is 0 Å². The monoisotopic (exact) mass is 1570 g/mol. The Balaban J connectivity index is -0.00000120. The maximum atomic E-state index is 11.1. The van der Waals surface area contributed by atoms with E-state index in [4.69, 9.17) is 0 Å². The van der Waals surface area contributed by atoms with Crippen LogP contribution in [0.15, 0.2) is 220 Å². The summed E-state index contributed by atoms with van der Waals surface area (Å²) in [5.41, 5.74) is 25.1. The molecule has 8 aromatic rings. The Hall–Kier alpha value is -10.6. The summed E-state index contributed by atoms with van der Waals surface area (Å²) in [6.07, 6.45) is 27.7. The zero-order valence-corrected chi connectivity index (χ0v) is 73.5. The number of aliphatic imine (C=N–C) groups is 1. The predicted octanol–water partition coefficient (Wildman–Crippen LogP) is 22.5. The van der Waals surface area contributed by atoms with Gasteiger partial charge in [0, 0.05) is 108 Å². The number of aryl methyl sites for hydroxylation is 8. The third-order valence-electron chi connectivity index (χ3n) is 16.7. The molecule has 3 aliphatic rings. The number of rotatable bonds is 11. The summed E-state index contributed by atoms with van der Waals surface area (Å²) in [5.74, 6) is 5.74. The summed E-state index contributed by atoms with van der Waals surface area (Å²) in [5, 5.41) is 29.2. The van der Waals surface area contributed by atoms with Gasteiger partial charge in [0.15, 0.2) is 0 Å². The Morgan fingerprint density at radius 2 is 0.774 bits per heavy atom. The highest BCUT2D eigenvalue weighted by atomic mass is 16.1. The number of hydrazone groups is 1. The fourth-order valence-corrected chi connectivity index (χ4v) is 9.21. The SMILES string of the molecule is C.C.C.C=C1C=C(C(C)C)C=CN1.C=C1C=C(C(C)C)C=NN1.C=C1C=C(C(C)C)N=CN1.CC(C)c1ccn(C)c(=O)c1.CC(C)c1cnn(C)c(=O)c1.Cc1cc(C(C)C)ccn1.Cc1cc(C(C)C)ccn1.Cc1cc(C(C)C)cnn1.Cc1cc(C(C)C)cnn1.Cc1cc(C(C)C)ncn1.Cc1cc(C(C)C)ncn1. The molecule has 630 valence electrons. The van der Waals surface area contributed by atoms with E-state index >= 15 is 0 Å². The molecule has 20 heteroatoms. The second-order valence-corrected chi connectivity index (χ2v) is 30.9. The fraction of sp³-hybridized carbons (Fsp3) is 0.463. The normalized spacial score (nSPS) is 11.9. The first-order valence-corrected chi connectivity index (χ1v) is 38.9. The Morgan fingerprint density at radius 1 is 0.383 bits per heavy atom. The summed E-state index contributed by atoms with van der Waals surface area (Å²) in [6, 6.07) is 21.9. The molecule has 0 spiro atoms. The lowest BCUT2D eigenvalue weighted by molar-refractivity contribution is 0.689. The van der Waals surface area contributed by atoms with E-state index < -0.39 is 0 Å². The highest BCUT2D eigenvalue weighted by Crippen LogP contribution is 2.20. The van der Waals surface area contributed by atoms with Crippen LogP contribution < -0.4 is 27.2 Å². The summed E-state index contributed by atoms with van der Waals surface area (Å²) in [7, 11) is 3.40. The van der Waals surface area contributed by atoms with Gasteiger partial charge in [-0.3, -0.25) is 25.0 Å². The van der Waals surface area contributed by atoms with Crippen LogP contribution in [0.1, 0.15) is 301 Å². The lowest BCUT2D eigenvalue weighted by atomic mass is 10.0. The van der Waals surface area contributed by atoms with Gasteiger partial charge in [0.25, 0.3) is 11.1 Å². The number of aromatic nitrogens is 13. The Bertz CT molecular complexity index is 3890. The molecule has 0 saturated carbocycles. The van der Waals surface area contributed by atoms with Gasteiger partial charge in [-0.05, 0) is 230 Å². The van der Waals surface area contributed by atoms with Gasteiger partial charge in [-0.15, -0.1) is 0 Å². The minimum Gasteiger partial charge on any atom is -0.362 e. The molecule has 0 atom stereocenters. The summed E-state index contributed by atoms with van der Waals surface area (Å²) in [4.78, 5) is 50.8. The summed E-state index contributed by atoms with van der Waals surface area (Å²) in [6.45, 7) is 70.2. The fourth-order valence-electron chi connectivity index (χ4n) is 9.21. The van der Waals surface area contributed by atoms with E-state index in [2.05, 4.69) is 288 Å². The zero-order valence-electron chi connectivity index (χ0n) is 73.5. The lowest BCUT2D eigenvalue weighted by Crippen LogP contribution is -2.19. The van der Waals surface area contributed by atoms with Crippen LogP contribution in [0.2, 0.25) is 0 Å². The first kappa shape index (κ1) is 109. The largest absolute Gasteiger partial charge is 0.362 e. The molecule has 0 unspecified atom stereocenters. The highest BCUT2D eigenvalue weighted by Gasteiger charge is 2.09. The van der Waals surface area contributed by atoms with Crippen molar-refractivity contribution < 1.29 is 0 Å². The van der Waals surface area contributed by atoms with Crippen molar-refractivity contribution in [1.82, 2.24) is 80.7 Å². The molecule has 0 amide bonds. The van der Waals surface area contributed by atoms with Gasteiger partial charge < -0.3 is 15.2 Å². The van der Waals surface area contributed by atoms with Crippen molar-refractivity contribution in [3.63, 3.8) is 0 Å². The molecule has 0 saturated heterocycles. The number of pyridine rings is 3. The molecule has 11 heterocycles. The van der Waals surface area contributed by atoms with Crippen molar-refractivity contribution in [2.24, 2.45) is 41.9 Å². The first-order valence-electron chi connectivity index (χ1n) is 38.9. The number of hydrogen-bond acceptors (Lipinski definition) is 18. The Morgan fingerprint density at radius 3 is 1.07 bits per heavy atom. The van der Waals surface area contributed by atoms with E-state index in [-0.39, 0.29) is 33.4 Å². The quantitative estimate of drug-likeness (QED) is 0.109. The van der Waals surface area contributed by atoms with Crippen molar-refractivity contribution in [3.05, 3.63) is 300 Å². The maximum absolute atomic E-state index is 11.1. The predicted molar refractivity (Wildman–Crippen MR) is 491 cm³/mol. The number of hydrogen-bond donors (Lipinski definition) is 3. The van der Waals surface area contributed by atoms with Crippen LogP contribution in [0, 0.1) is 59.3 Å². The number of allylic oxidation sites excluding steroid dienone is 7. The first-order chi connectivity index (χ1) is 52.5. The van der Waals surface area contributed by atoms with Crippen molar-refractivity contribution in [3.8, 4) is 0 Å². The molecule has 3 N–H and O–H groups in total. The van der Waals surface area contributed by atoms with Gasteiger partial charge >= 0.3 is 0 Å². The average molecular weight is 1570 g/mol. The number of nitrogens with one attached hydrogen (secondary N) is 3. The molecular weight excluding hydrogens is 1430 g/mol. The minimum absolute atomic E-state index is 0. The van der Waals surface area contributed by atoms with Gasteiger partial charge in [0.1, 0.15) is 12.7 Å². The van der Waals surface area contributed by atoms with Crippen LogP contribution in [-0.2, 0) is 14.1 Å². The molecule has 0 aliphatic carbocycles. The van der Waals surface area contributed by atoms with Gasteiger partial charge in [0.05, 0.1) is 42.5 Å². The van der Waals surface area contributed by atoms with E-state index in [1.54, 1.807) is 62.2 Å². The average Bonchev–Trinajstić information content (AvgIpc) is 0.875. The third kappa shape index (κ3) is 47.6. The molecule has 20 nitrogen and oxygen atoms in total. The number of nitrogens with zero attached hydrogens (tertiary/aromatic N) is 15.